The number of nitrogens with zero attached hydrogens (tertiary/aromatic N) is 2. The third-order valence-corrected chi connectivity index (χ3v) is 7.38. The van der Waals surface area contributed by atoms with Gasteiger partial charge < -0.3 is 15.2 Å². The van der Waals surface area contributed by atoms with E-state index < -0.39 is 0 Å². The van der Waals surface area contributed by atoms with Gasteiger partial charge >= 0.3 is 0 Å². The molecule has 1 aromatic carbocycles. The number of anilines is 2. The third kappa shape index (κ3) is 3.41. The quantitative estimate of drug-likeness (QED) is 0.653. The van der Waals surface area contributed by atoms with E-state index in [9.17, 15) is 9.59 Å². The van der Waals surface area contributed by atoms with Crippen LogP contribution in [0.25, 0.3) is 10.2 Å². The highest BCUT2D eigenvalue weighted by Gasteiger charge is 2.24. The second-order valence-corrected chi connectivity index (χ2v) is 9.63. The Balaban J connectivity index is 1.38. The van der Waals surface area contributed by atoms with Crippen LogP contribution in [-0.2, 0) is 17.6 Å². The van der Waals surface area contributed by atoms with Gasteiger partial charge in [-0.25, -0.2) is 4.98 Å². The fraction of sp³-hybridized carbons (Fsp3) is 0.435. The van der Waals surface area contributed by atoms with Crippen LogP contribution in [0, 0.1) is 5.92 Å². The molecule has 1 fully saturated rings. The highest BCUT2D eigenvalue weighted by molar-refractivity contribution is 7.18. The summed E-state index contributed by atoms with van der Waals surface area (Å²) in [4.78, 5) is 36.6. The normalized spacial score (nSPS) is 19.9. The van der Waals surface area contributed by atoms with Crippen molar-refractivity contribution in [2.24, 2.45) is 5.92 Å². The molecule has 1 amide bonds. The van der Waals surface area contributed by atoms with Crippen molar-refractivity contribution >= 4 is 38.8 Å². The van der Waals surface area contributed by atoms with E-state index in [-0.39, 0.29) is 17.5 Å². The summed E-state index contributed by atoms with van der Waals surface area (Å²) in [5.74, 6) is 1.51. The molecule has 5 rings (SSSR count). The van der Waals surface area contributed by atoms with Crippen molar-refractivity contribution in [1.82, 2.24) is 9.97 Å². The van der Waals surface area contributed by atoms with Crippen molar-refractivity contribution in [2.75, 3.05) is 16.8 Å². The van der Waals surface area contributed by atoms with Gasteiger partial charge in [0.25, 0.3) is 5.56 Å². The van der Waals surface area contributed by atoms with Gasteiger partial charge in [0.15, 0.2) is 0 Å². The fourth-order valence-corrected chi connectivity index (χ4v) is 5.94. The lowest BCUT2D eigenvalue weighted by Gasteiger charge is -2.18. The molecule has 2 atom stereocenters. The van der Waals surface area contributed by atoms with Gasteiger partial charge in [-0.2, -0.15) is 0 Å². The fourth-order valence-electron chi connectivity index (χ4n) is 4.55. The summed E-state index contributed by atoms with van der Waals surface area (Å²) >= 11 is 1.68. The van der Waals surface area contributed by atoms with Gasteiger partial charge in [0, 0.05) is 29.2 Å². The average molecular weight is 423 g/mol. The molecule has 7 heteroatoms. The molecule has 0 radical (unpaired) electrons. The van der Waals surface area contributed by atoms with Crippen LogP contribution in [0.1, 0.15) is 55.4 Å². The molecule has 2 aromatic heterocycles. The summed E-state index contributed by atoms with van der Waals surface area (Å²) in [6.07, 6.45) is 4.70. The molecule has 2 N–H and O–H groups in total. The third-order valence-electron chi connectivity index (χ3n) is 6.23. The molecule has 0 bridgehead atoms. The number of carbonyl (C=O) groups excluding carboxylic acids is 1. The van der Waals surface area contributed by atoms with E-state index in [4.69, 9.17) is 4.98 Å². The van der Waals surface area contributed by atoms with E-state index in [1.165, 1.54) is 10.4 Å². The first kappa shape index (κ1) is 19.3. The maximum absolute atomic E-state index is 12.8. The molecule has 1 saturated heterocycles. The van der Waals surface area contributed by atoms with Crippen LogP contribution in [0.5, 0.6) is 0 Å². The number of H-pyrrole nitrogens is 1. The number of fused-ring (bicyclic) bond motifs is 3. The molecule has 1 aliphatic heterocycles. The standard InChI is InChI=1S/C23H26N4O2S/c1-13-5-10-17-18(12-13)30-23-20(17)22(29)25-21(26-23)14(2)24-15-6-8-16(9-7-15)27-11-3-4-19(27)28/h6-9,13-14,24H,3-5,10-12H2,1-2H3,(H,25,26,29)/t13-,14+/m0/s1. The van der Waals surface area contributed by atoms with Crippen LogP contribution in [-0.4, -0.2) is 22.4 Å². The second kappa shape index (κ2) is 7.54. The molecule has 3 heterocycles. The van der Waals surface area contributed by atoms with Crippen molar-refractivity contribution < 1.29 is 4.79 Å². The van der Waals surface area contributed by atoms with Crippen LogP contribution in [0.3, 0.4) is 0 Å². The summed E-state index contributed by atoms with van der Waals surface area (Å²) in [5, 5.41) is 4.21. The Morgan fingerprint density at radius 3 is 2.77 bits per heavy atom. The Labute approximate surface area is 179 Å². The highest BCUT2D eigenvalue weighted by Crippen LogP contribution is 2.36. The monoisotopic (exact) mass is 422 g/mol. The molecule has 0 saturated carbocycles. The number of hydrogen-bond acceptors (Lipinski definition) is 5. The smallest absolute Gasteiger partial charge is 0.259 e. The van der Waals surface area contributed by atoms with Gasteiger partial charge in [0.05, 0.1) is 11.4 Å². The molecule has 1 aliphatic carbocycles. The summed E-state index contributed by atoms with van der Waals surface area (Å²) in [7, 11) is 0. The minimum absolute atomic E-state index is 0.0291. The average Bonchev–Trinajstić information content (AvgIpc) is 3.31. The molecule has 156 valence electrons. The summed E-state index contributed by atoms with van der Waals surface area (Å²) < 4.78 is 0. The Kier molecular flexibility index (Phi) is 4.85. The lowest BCUT2D eigenvalue weighted by molar-refractivity contribution is -0.117. The zero-order valence-corrected chi connectivity index (χ0v) is 18.1. The lowest BCUT2D eigenvalue weighted by Crippen LogP contribution is -2.23. The number of aromatic nitrogens is 2. The topological polar surface area (TPSA) is 78.1 Å². The second-order valence-electron chi connectivity index (χ2n) is 8.54. The number of amides is 1. The number of nitrogens with one attached hydrogen (secondary N) is 2. The van der Waals surface area contributed by atoms with Gasteiger partial charge in [-0.05, 0) is 68.4 Å². The van der Waals surface area contributed by atoms with E-state index in [1.54, 1.807) is 11.3 Å². The number of aryl methyl sites for hydroxylation is 1. The van der Waals surface area contributed by atoms with Gasteiger partial charge in [0.2, 0.25) is 5.91 Å². The van der Waals surface area contributed by atoms with Gasteiger partial charge in [-0.3, -0.25) is 9.59 Å². The molecule has 6 nitrogen and oxygen atoms in total. The Hall–Kier alpha value is -2.67. The maximum Gasteiger partial charge on any atom is 0.259 e. The molecular weight excluding hydrogens is 396 g/mol. The Morgan fingerprint density at radius 1 is 1.23 bits per heavy atom. The largest absolute Gasteiger partial charge is 0.375 e. The van der Waals surface area contributed by atoms with E-state index in [1.807, 2.05) is 36.1 Å². The SMILES string of the molecule is C[C@H]1CCc2c(sc3nc([C@@H](C)Nc4ccc(N5CCCC5=O)cc4)[nH]c(=O)c23)C1. The molecule has 0 spiro atoms. The predicted molar refractivity (Wildman–Crippen MR) is 121 cm³/mol. The van der Waals surface area contributed by atoms with E-state index in [0.29, 0.717) is 18.2 Å². The van der Waals surface area contributed by atoms with Crippen molar-refractivity contribution in [3.63, 3.8) is 0 Å². The Bertz CT molecular complexity index is 1160. The molecule has 2 aliphatic rings. The zero-order chi connectivity index (χ0) is 20.8. The highest BCUT2D eigenvalue weighted by atomic mass is 32.1. The molecule has 0 unspecified atom stereocenters. The zero-order valence-electron chi connectivity index (χ0n) is 17.3. The number of thiophene rings is 1. The van der Waals surface area contributed by atoms with Crippen LogP contribution < -0.4 is 15.8 Å². The Morgan fingerprint density at radius 2 is 2.03 bits per heavy atom. The van der Waals surface area contributed by atoms with E-state index in [0.717, 1.165) is 53.8 Å². The molecule has 30 heavy (non-hydrogen) atoms. The van der Waals surface area contributed by atoms with Crippen LogP contribution in [0.4, 0.5) is 11.4 Å². The number of rotatable bonds is 4. The first-order chi connectivity index (χ1) is 14.5. The summed E-state index contributed by atoms with van der Waals surface area (Å²) in [5.41, 5.74) is 3.04. The van der Waals surface area contributed by atoms with E-state index in [2.05, 4.69) is 17.2 Å². The van der Waals surface area contributed by atoms with Gasteiger partial charge in [0.1, 0.15) is 10.7 Å². The van der Waals surface area contributed by atoms with Crippen LogP contribution in [0.2, 0.25) is 0 Å². The minimum atomic E-state index is -0.139. The van der Waals surface area contributed by atoms with Gasteiger partial charge in [-0.1, -0.05) is 6.92 Å². The molecule has 3 aromatic rings. The summed E-state index contributed by atoms with van der Waals surface area (Å²) in [6, 6.07) is 7.73. The van der Waals surface area contributed by atoms with Crippen molar-refractivity contribution in [3.05, 3.63) is 50.9 Å². The first-order valence-electron chi connectivity index (χ1n) is 10.7. The summed E-state index contributed by atoms with van der Waals surface area (Å²) in [6.45, 7) is 5.06. The minimum Gasteiger partial charge on any atom is -0.375 e. The molecular formula is C23H26N4O2S. The van der Waals surface area contributed by atoms with Crippen molar-refractivity contribution in [1.29, 1.82) is 0 Å². The number of benzene rings is 1. The number of aromatic amines is 1. The number of carbonyl (C=O) groups is 1. The van der Waals surface area contributed by atoms with Crippen molar-refractivity contribution in [3.8, 4) is 0 Å². The van der Waals surface area contributed by atoms with Gasteiger partial charge in [-0.15, -0.1) is 11.3 Å². The lowest BCUT2D eigenvalue weighted by atomic mass is 9.89. The van der Waals surface area contributed by atoms with Crippen LogP contribution >= 0.6 is 11.3 Å². The van der Waals surface area contributed by atoms with Crippen molar-refractivity contribution in [2.45, 2.75) is 52.0 Å². The van der Waals surface area contributed by atoms with E-state index >= 15 is 0 Å². The first-order valence-corrected chi connectivity index (χ1v) is 11.5. The number of hydrogen-bond donors (Lipinski definition) is 2. The predicted octanol–water partition coefficient (Wildman–Crippen LogP) is 4.41. The maximum atomic E-state index is 12.8. The van der Waals surface area contributed by atoms with Crippen LogP contribution in [0.15, 0.2) is 29.1 Å².